The minimum Gasteiger partial charge on any atom is -0.497 e. The average molecular weight is 381 g/mol. The Morgan fingerprint density at radius 2 is 1.93 bits per heavy atom. The van der Waals surface area contributed by atoms with Crippen molar-refractivity contribution in [2.45, 2.75) is 25.8 Å². The number of piperidine rings is 1. The van der Waals surface area contributed by atoms with Crippen LogP contribution in [0.25, 0.3) is 0 Å². The highest BCUT2D eigenvalue weighted by molar-refractivity contribution is 5.93. The third-order valence-corrected chi connectivity index (χ3v) is 5.12. The standard InChI is InChI=1S/C22H27N3O3/c1-28-19-10-8-16(9-11-19)13-21(26)24-20-7-3-2-5-17(20)14-25-12-4-6-18(15-25)22(23)27/h2-3,5,7-11,18H,4,6,12-15H2,1H3,(H2,23,27)(H,24,26)/t18-/m0/s1. The number of nitrogens with zero attached hydrogens (tertiary/aromatic N) is 1. The number of anilines is 1. The van der Waals surface area contributed by atoms with Crippen molar-refractivity contribution in [1.29, 1.82) is 0 Å². The van der Waals surface area contributed by atoms with Gasteiger partial charge in [-0.2, -0.15) is 0 Å². The van der Waals surface area contributed by atoms with Gasteiger partial charge in [0, 0.05) is 18.8 Å². The van der Waals surface area contributed by atoms with Gasteiger partial charge in [-0.3, -0.25) is 14.5 Å². The Morgan fingerprint density at radius 3 is 2.64 bits per heavy atom. The summed E-state index contributed by atoms with van der Waals surface area (Å²) in [6.45, 7) is 2.28. The summed E-state index contributed by atoms with van der Waals surface area (Å²) in [4.78, 5) is 26.2. The molecule has 2 amide bonds. The molecule has 1 aliphatic heterocycles. The zero-order valence-corrected chi connectivity index (χ0v) is 16.2. The van der Waals surface area contributed by atoms with E-state index >= 15 is 0 Å². The number of rotatable bonds is 7. The van der Waals surface area contributed by atoms with Crippen molar-refractivity contribution in [3.05, 3.63) is 59.7 Å². The molecule has 2 aromatic carbocycles. The van der Waals surface area contributed by atoms with Crippen LogP contribution < -0.4 is 15.8 Å². The van der Waals surface area contributed by atoms with Gasteiger partial charge in [-0.25, -0.2) is 0 Å². The van der Waals surface area contributed by atoms with Gasteiger partial charge < -0.3 is 15.8 Å². The number of para-hydroxylation sites is 1. The van der Waals surface area contributed by atoms with Gasteiger partial charge in [0.1, 0.15) is 5.75 Å². The summed E-state index contributed by atoms with van der Waals surface area (Å²) in [5.41, 5.74) is 8.25. The van der Waals surface area contributed by atoms with Gasteiger partial charge in [-0.05, 0) is 48.7 Å². The molecule has 0 saturated carbocycles. The maximum absolute atomic E-state index is 12.5. The van der Waals surface area contributed by atoms with Gasteiger partial charge in [0.2, 0.25) is 11.8 Å². The molecule has 0 unspecified atom stereocenters. The largest absolute Gasteiger partial charge is 0.497 e. The Kier molecular flexibility index (Phi) is 6.66. The predicted molar refractivity (Wildman–Crippen MR) is 109 cm³/mol. The summed E-state index contributed by atoms with van der Waals surface area (Å²) in [5.74, 6) is 0.382. The van der Waals surface area contributed by atoms with Crippen molar-refractivity contribution in [1.82, 2.24) is 4.90 Å². The van der Waals surface area contributed by atoms with Crippen LogP contribution in [0.1, 0.15) is 24.0 Å². The summed E-state index contributed by atoms with van der Waals surface area (Å²) >= 11 is 0. The molecule has 1 heterocycles. The van der Waals surface area contributed by atoms with E-state index in [9.17, 15) is 9.59 Å². The van der Waals surface area contributed by atoms with Crippen molar-refractivity contribution in [2.75, 3.05) is 25.5 Å². The lowest BCUT2D eigenvalue weighted by Gasteiger charge is -2.31. The van der Waals surface area contributed by atoms with E-state index in [1.807, 2.05) is 48.5 Å². The predicted octanol–water partition coefficient (Wildman–Crippen LogP) is 2.57. The molecule has 1 fully saturated rings. The summed E-state index contributed by atoms with van der Waals surface area (Å²) < 4.78 is 5.15. The summed E-state index contributed by atoms with van der Waals surface area (Å²) in [6, 6.07) is 15.3. The molecule has 0 aliphatic carbocycles. The first-order valence-electron chi connectivity index (χ1n) is 9.57. The summed E-state index contributed by atoms with van der Waals surface area (Å²) in [5, 5.41) is 3.02. The molecule has 1 aliphatic rings. The molecular formula is C22H27N3O3. The smallest absolute Gasteiger partial charge is 0.228 e. The second-order valence-electron chi connectivity index (χ2n) is 7.21. The molecule has 0 aromatic heterocycles. The third kappa shape index (κ3) is 5.33. The molecule has 0 radical (unpaired) electrons. The lowest BCUT2D eigenvalue weighted by atomic mass is 9.97. The number of hydrogen-bond donors (Lipinski definition) is 2. The molecule has 2 aromatic rings. The lowest BCUT2D eigenvalue weighted by molar-refractivity contribution is -0.123. The Hall–Kier alpha value is -2.86. The SMILES string of the molecule is COc1ccc(CC(=O)Nc2ccccc2CN2CCC[C@H](C(N)=O)C2)cc1. The van der Waals surface area contributed by atoms with Crippen molar-refractivity contribution in [2.24, 2.45) is 11.7 Å². The van der Waals surface area contributed by atoms with E-state index in [1.54, 1.807) is 7.11 Å². The number of nitrogens with two attached hydrogens (primary N) is 1. The van der Waals surface area contributed by atoms with E-state index in [0.29, 0.717) is 19.5 Å². The lowest BCUT2D eigenvalue weighted by Crippen LogP contribution is -2.40. The third-order valence-electron chi connectivity index (χ3n) is 5.12. The minimum absolute atomic E-state index is 0.0636. The van der Waals surface area contributed by atoms with Crippen LogP contribution in [0, 0.1) is 5.92 Å². The highest BCUT2D eigenvalue weighted by Crippen LogP contribution is 2.22. The minimum atomic E-state index is -0.231. The van der Waals surface area contributed by atoms with Gasteiger partial charge >= 0.3 is 0 Å². The van der Waals surface area contributed by atoms with Crippen LogP contribution in [0.15, 0.2) is 48.5 Å². The van der Waals surface area contributed by atoms with Gasteiger partial charge in [-0.1, -0.05) is 30.3 Å². The maximum Gasteiger partial charge on any atom is 0.228 e. The number of methoxy groups -OCH3 is 1. The van der Waals surface area contributed by atoms with E-state index in [4.69, 9.17) is 10.5 Å². The van der Waals surface area contributed by atoms with Crippen molar-refractivity contribution < 1.29 is 14.3 Å². The van der Waals surface area contributed by atoms with Gasteiger partial charge in [0.25, 0.3) is 0 Å². The second kappa shape index (κ2) is 9.37. The molecule has 3 rings (SSSR count). The fourth-order valence-corrected chi connectivity index (χ4v) is 3.58. The summed E-state index contributed by atoms with van der Waals surface area (Å²) in [6.07, 6.45) is 2.11. The number of benzene rings is 2. The first-order chi connectivity index (χ1) is 13.5. The Labute approximate surface area is 165 Å². The number of nitrogens with one attached hydrogen (secondary N) is 1. The first kappa shape index (κ1) is 19.9. The normalized spacial score (nSPS) is 17.1. The second-order valence-corrected chi connectivity index (χ2v) is 7.21. The molecule has 148 valence electrons. The molecule has 0 spiro atoms. The van der Waals surface area contributed by atoms with Crippen LogP contribution in [0.4, 0.5) is 5.69 Å². The number of carbonyl (C=O) groups is 2. The van der Waals surface area contributed by atoms with E-state index in [0.717, 1.165) is 42.0 Å². The average Bonchev–Trinajstić information content (AvgIpc) is 2.70. The summed E-state index contributed by atoms with van der Waals surface area (Å²) in [7, 11) is 1.62. The van der Waals surface area contributed by atoms with Gasteiger partial charge in [-0.15, -0.1) is 0 Å². The van der Waals surface area contributed by atoms with Crippen molar-refractivity contribution >= 4 is 17.5 Å². The fourth-order valence-electron chi connectivity index (χ4n) is 3.58. The van der Waals surface area contributed by atoms with Crippen LogP contribution in [0.3, 0.4) is 0 Å². The number of likely N-dealkylation sites (tertiary alicyclic amines) is 1. The van der Waals surface area contributed by atoms with E-state index in [2.05, 4.69) is 10.2 Å². The van der Waals surface area contributed by atoms with Gasteiger partial charge in [0.05, 0.1) is 19.4 Å². The maximum atomic E-state index is 12.5. The highest BCUT2D eigenvalue weighted by atomic mass is 16.5. The van der Waals surface area contributed by atoms with Crippen molar-refractivity contribution in [3.63, 3.8) is 0 Å². The van der Waals surface area contributed by atoms with Crippen LogP contribution >= 0.6 is 0 Å². The molecule has 1 atom stereocenters. The zero-order chi connectivity index (χ0) is 19.9. The van der Waals surface area contributed by atoms with Crippen LogP contribution in [0.2, 0.25) is 0 Å². The fraction of sp³-hybridized carbons (Fsp3) is 0.364. The Bertz CT molecular complexity index is 820. The molecule has 1 saturated heterocycles. The molecule has 28 heavy (non-hydrogen) atoms. The van der Waals surface area contributed by atoms with Crippen molar-refractivity contribution in [3.8, 4) is 5.75 Å². The molecule has 3 N–H and O–H groups in total. The first-order valence-corrected chi connectivity index (χ1v) is 9.57. The Balaban J connectivity index is 1.62. The van der Waals surface area contributed by atoms with Crippen LogP contribution in [0.5, 0.6) is 5.75 Å². The van der Waals surface area contributed by atoms with E-state index in [1.165, 1.54) is 0 Å². The topological polar surface area (TPSA) is 84.7 Å². The van der Waals surface area contributed by atoms with Gasteiger partial charge in [0.15, 0.2) is 0 Å². The number of hydrogen-bond acceptors (Lipinski definition) is 4. The molecule has 0 bridgehead atoms. The van der Waals surface area contributed by atoms with Crippen LogP contribution in [-0.2, 0) is 22.6 Å². The molecular weight excluding hydrogens is 354 g/mol. The quantitative estimate of drug-likeness (QED) is 0.772. The van der Waals surface area contributed by atoms with E-state index in [-0.39, 0.29) is 17.7 Å². The number of ether oxygens (including phenoxy) is 1. The highest BCUT2D eigenvalue weighted by Gasteiger charge is 2.24. The monoisotopic (exact) mass is 381 g/mol. The molecule has 6 nitrogen and oxygen atoms in total. The number of amides is 2. The van der Waals surface area contributed by atoms with Crippen LogP contribution in [-0.4, -0.2) is 36.9 Å². The number of primary amides is 1. The molecule has 6 heteroatoms. The van der Waals surface area contributed by atoms with E-state index < -0.39 is 0 Å². The number of carbonyl (C=O) groups excluding carboxylic acids is 2. The Morgan fingerprint density at radius 1 is 1.18 bits per heavy atom. The zero-order valence-electron chi connectivity index (χ0n) is 16.2.